The molecule has 0 atom stereocenters. The van der Waals surface area contributed by atoms with Gasteiger partial charge in [0.1, 0.15) is 5.75 Å². The Labute approximate surface area is 252 Å². The summed E-state index contributed by atoms with van der Waals surface area (Å²) in [5, 5.41) is 24.8. The van der Waals surface area contributed by atoms with E-state index in [-0.39, 0.29) is 29.8 Å². The first-order valence-electron chi connectivity index (χ1n) is 15.1. The zero-order chi connectivity index (χ0) is 30.8. The highest BCUT2D eigenvalue weighted by atomic mass is 16.4. The van der Waals surface area contributed by atoms with Crippen LogP contribution in [0.15, 0.2) is 52.6 Å². The lowest BCUT2D eigenvalue weighted by atomic mass is 9.88. The fraction of sp³-hybridized carbons (Fsp3) is 0.455. The normalized spacial score (nSPS) is 19.6. The molecule has 228 valence electrons. The number of hydrazone groups is 1. The summed E-state index contributed by atoms with van der Waals surface area (Å²) in [5.74, 6) is -1.56. The van der Waals surface area contributed by atoms with Gasteiger partial charge in [0.05, 0.1) is 17.9 Å². The van der Waals surface area contributed by atoms with Gasteiger partial charge in [0.15, 0.2) is 5.71 Å². The van der Waals surface area contributed by atoms with E-state index in [0.29, 0.717) is 48.2 Å². The summed E-state index contributed by atoms with van der Waals surface area (Å²) < 4.78 is 0. The number of imide groups is 1. The molecule has 0 unspecified atom stereocenters. The van der Waals surface area contributed by atoms with Crippen LogP contribution in [0.4, 0.5) is 11.4 Å². The van der Waals surface area contributed by atoms with Gasteiger partial charge in [0.25, 0.3) is 11.8 Å². The first-order chi connectivity index (χ1) is 20.6. The fourth-order valence-corrected chi connectivity index (χ4v) is 6.05. The number of aromatic hydroxyl groups is 1. The molecular formula is C33H41N5O5. The topological polar surface area (TPSA) is 126 Å². The number of phenols is 1. The summed E-state index contributed by atoms with van der Waals surface area (Å²) in [6, 6.07) is 11.4. The Kier molecular flexibility index (Phi) is 8.98. The number of likely N-dealkylation sites (tertiary alicyclic amines) is 1. The number of aliphatic carboxylic acids is 1. The maximum Gasteiger partial charge on any atom is 0.317 e. The minimum absolute atomic E-state index is 0.0129. The van der Waals surface area contributed by atoms with E-state index in [9.17, 15) is 19.5 Å². The van der Waals surface area contributed by atoms with Crippen LogP contribution in [0.1, 0.15) is 62.1 Å². The minimum Gasteiger partial charge on any atom is -0.505 e. The smallest absolute Gasteiger partial charge is 0.317 e. The van der Waals surface area contributed by atoms with Crippen LogP contribution in [0, 0.1) is 13.8 Å². The second kappa shape index (κ2) is 12.7. The molecule has 0 radical (unpaired) electrons. The van der Waals surface area contributed by atoms with Crippen LogP contribution >= 0.6 is 0 Å². The third-order valence-electron chi connectivity index (χ3n) is 9.00. The Morgan fingerprint density at radius 1 is 1.02 bits per heavy atom. The number of para-hydroxylation sites is 1. The predicted octanol–water partition coefficient (Wildman–Crippen LogP) is 4.42. The number of amides is 2. The van der Waals surface area contributed by atoms with Crippen LogP contribution < -0.4 is 10.3 Å². The van der Waals surface area contributed by atoms with E-state index >= 15 is 0 Å². The van der Waals surface area contributed by atoms with E-state index in [1.807, 2.05) is 43.0 Å². The molecule has 1 saturated carbocycles. The Hall–Kier alpha value is -4.02. The number of piperidine rings is 1. The predicted molar refractivity (Wildman–Crippen MR) is 167 cm³/mol. The number of hydrogen-bond donors (Lipinski definition) is 3. The summed E-state index contributed by atoms with van der Waals surface area (Å²) in [6.07, 6.45) is 3.66. The lowest BCUT2D eigenvalue weighted by Gasteiger charge is -2.32. The van der Waals surface area contributed by atoms with Crippen molar-refractivity contribution in [3.63, 3.8) is 0 Å². The van der Waals surface area contributed by atoms with E-state index in [1.165, 1.54) is 4.90 Å². The number of carbonyl (C=O) groups is 3. The van der Waals surface area contributed by atoms with Gasteiger partial charge in [-0.2, -0.15) is 5.10 Å². The highest BCUT2D eigenvalue weighted by molar-refractivity contribution is 6.57. The van der Waals surface area contributed by atoms with Gasteiger partial charge >= 0.3 is 5.97 Å². The molecule has 43 heavy (non-hydrogen) atoms. The molecular weight excluding hydrogens is 546 g/mol. The van der Waals surface area contributed by atoms with E-state index < -0.39 is 11.9 Å². The molecule has 0 spiro atoms. The van der Waals surface area contributed by atoms with Crippen molar-refractivity contribution in [1.29, 1.82) is 0 Å². The molecule has 2 aliphatic heterocycles. The second-order valence-electron chi connectivity index (χ2n) is 11.9. The number of phenolic OH excluding ortho intramolecular Hbond substituents is 1. The molecule has 10 heteroatoms. The fourth-order valence-electron chi connectivity index (χ4n) is 6.05. The van der Waals surface area contributed by atoms with Crippen LogP contribution in [-0.2, 0) is 14.4 Å². The number of carbonyl (C=O) groups excluding carboxylic acids is 2. The highest BCUT2D eigenvalue weighted by Gasteiger charge is 2.40. The lowest BCUT2D eigenvalue weighted by Crippen LogP contribution is -2.49. The van der Waals surface area contributed by atoms with Crippen molar-refractivity contribution in [1.82, 2.24) is 9.80 Å². The SMILES string of the molecule is CCN(CC1=C(C)C(=NNc2cccc(C3CCN(CC(=O)O)CC3)c2O)C(=O)N(c2ccc(C)c(C)c2)C1=O)C1CC1. The molecule has 2 heterocycles. The van der Waals surface area contributed by atoms with Crippen LogP contribution in [0.5, 0.6) is 5.75 Å². The van der Waals surface area contributed by atoms with Gasteiger partial charge in [-0.15, -0.1) is 0 Å². The maximum atomic E-state index is 13.9. The molecule has 2 amide bonds. The molecule has 0 bridgehead atoms. The number of rotatable bonds is 10. The van der Waals surface area contributed by atoms with Gasteiger partial charge in [0.2, 0.25) is 0 Å². The zero-order valence-electron chi connectivity index (χ0n) is 25.4. The molecule has 2 aromatic carbocycles. The van der Waals surface area contributed by atoms with Crippen molar-refractivity contribution >= 4 is 34.9 Å². The molecule has 1 aliphatic carbocycles. The number of carboxylic acids is 1. The Morgan fingerprint density at radius 3 is 2.37 bits per heavy atom. The summed E-state index contributed by atoms with van der Waals surface area (Å²) >= 11 is 0. The number of hydrogen-bond acceptors (Lipinski definition) is 8. The lowest BCUT2D eigenvalue weighted by molar-refractivity contribution is -0.138. The van der Waals surface area contributed by atoms with Gasteiger partial charge < -0.3 is 10.2 Å². The van der Waals surface area contributed by atoms with Crippen molar-refractivity contribution in [3.05, 3.63) is 64.2 Å². The van der Waals surface area contributed by atoms with Gasteiger partial charge in [-0.25, -0.2) is 4.90 Å². The minimum atomic E-state index is -0.843. The summed E-state index contributed by atoms with van der Waals surface area (Å²) in [5.41, 5.74) is 7.81. The van der Waals surface area contributed by atoms with Crippen LogP contribution in [0.25, 0.3) is 0 Å². The first kappa shape index (κ1) is 30.4. The summed E-state index contributed by atoms with van der Waals surface area (Å²) in [6.45, 7) is 10.3. The Bertz CT molecular complexity index is 1490. The zero-order valence-corrected chi connectivity index (χ0v) is 25.4. The molecule has 0 aromatic heterocycles. The molecule has 1 saturated heterocycles. The van der Waals surface area contributed by atoms with Crippen molar-refractivity contribution in [3.8, 4) is 5.75 Å². The third-order valence-corrected chi connectivity index (χ3v) is 9.00. The summed E-state index contributed by atoms with van der Waals surface area (Å²) in [4.78, 5) is 44.2. The Morgan fingerprint density at radius 2 is 1.74 bits per heavy atom. The Balaban J connectivity index is 1.45. The van der Waals surface area contributed by atoms with Gasteiger partial charge in [0, 0.05) is 18.2 Å². The molecule has 5 rings (SSSR count). The third kappa shape index (κ3) is 6.50. The quantitative estimate of drug-likeness (QED) is 0.212. The molecule has 3 aliphatic rings. The maximum absolute atomic E-state index is 13.9. The average molecular weight is 588 g/mol. The summed E-state index contributed by atoms with van der Waals surface area (Å²) in [7, 11) is 0. The molecule has 10 nitrogen and oxygen atoms in total. The number of likely N-dealkylation sites (N-methyl/N-ethyl adjacent to an activating group) is 1. The number of aryl methyl sites for hydroxylation is 2. The van der Waals surface area contributed by atoms with Gasteiger partial charge in [-0.3, -0.25) is 29.6 Å². The van der Waals surface area contributed by atoms with Crippen molar-refractivity contribution in [2.24, 2.45) is 5.10 Å². The van der Waals surface area contributed by atoms with Crippen LogP contribution in [0.2, 0.25) is 0 Å². The first-order valence-corrected chi connectivity index (χ1v) is 15.1. The number of nitrogens with zero attached hydrogens (tertiary/aromatic N) is 4. The molecule has 2 aromatic rings. The van der Waals surface area contributed by atoms with E-state index in [4.69, 9.17) is 5.11 Å². The molecule has 2 fully saturated rings. The van der Waals surface area contributed by atoms with Crippen LogP contribution in [-0.4, -0.2) is 82.3 Å². The number of carboxylic acid groups (broad SMARTS) is 1. The van der Waals surface area contributed by atoms with Crippen molar-refractivity contribution in [2.45, 2.75) is 65.3 Å². The highest BCUT2D eigenvalue weighted by Crippen LogP contribution is 2.38. The van der Waals surface area contributed by atoms with E-state index in [2.05, 4.69) is 22.4 Å². The van der Waals surface area contributed by atoms with E-state index in [1.54, 1.807) is 19.1 Å². The van der Waals surface area contributed by atoms with Gasteiger partial charge in [-0.1, -0.05) is 25.1 Å². The number of anilines is 2. The van der Waals surface area contributed by atoms with Crippen molar-refractivity contribution < 1.29 is 24.6 Å². The molecule has 3 N–H and O–H groups in total. The second-order valence-corrected chi connectivity index (χ2v) is 11.9. The average Bonchev–Trinajstić information content (AvgIpc) is 3.81. The number of benzene rings is 2. The monoisotopic (exact) mass is 587 g/mol. The van der Waals surface area contributed by atoms with Crippen molar-refractivity contribution in [2.75, 3.05) is 43.0 Å². The van der Waals surface area contributed by atoms with E-state index in [0.717, 1.165) is 48.9 Å². The largest absolute Gasteiger partial charge is 0.505 e. The number of nitrogens with one attached hydrogen (secondary N) is 1. The van der Waals surface area contributed by atoms with Gasteiger partial charge in [-0.05, 0) is 112 Å². The standard InChI is InChI=1S/C33H41N5O5/c1-5-37(24-11-12-24)18-27-22(4)30(33(43)38(32(27)42)25-10-9-20(2)21(3)17-25)35-34-28-8-6-7-26(31(28)41)23-13-15-36(16-14-23)19-29(39)40/h6-10,17,23-24,34,41H,5,11-16,18-19H2,1-4H3,(H,39,40). The van der Waals surface area contributed by atoms with Crippen LogP contribution in [0.3, 0.4) is 0 Å².